The van der Waals surface area contributed by atoms with Crippen molar-refractivity contribution in [1.29, 1.82) is 0 Å². The number of aromatic nitrogens is 2. The van der Waals surface area contributed by atoms with E-state index in [0.717, 1.165) is 57.8 Å². The summed E-state index contributed by atoms with van der Waals surface area (Å²) in [6.45, 7) is 0. The van der Waals surface area contributed by atoms with Gasteiger partial charge in [-0.3, -0.25) is 0 Å². The molecule has 0 radical (unpaired) electrons. The smallest absolute Gasteiger partial charge is 0.316 e. The van der Waals surface area contributed by atoms with Gasteiger partial charge < -0.3 is 4.74 Å². The lowest BCUT2D eigenvalue weighted by Crippen LogP contribution is -2.44. The van der Waals surface area contributed by atoms with Gasteiger partial charge in [-0.1, -0.05) is 19.3 Å². The van der Waals surface area contributed by atoms with Crippen LogP contribution in [-0.4, -0.2) is 35.8 Å². The van der Waals surface area contributed by atoms with Crippen LogP contribution in [-0.2, 0) is 10.0 Å². The van der Waals surface area contributed by atoms with Gasteiger partial charge in [0.05, 0.1) is 5.25 Å². The third-order valence-electron chi connectivity index (χ3n) is 4.81. The molecule has 6 nitrogen and oxygen atoms in total. The van der Waals surface area contributed by atoms with Crippen LogP contribution in [0.5, 0.6) is 6.01 Å². The van der Waals surface area contributed by atoms with E-state index in [-0.39, 0.29) is 17.4 Å². The molecular weight excluding hydrogens is 314 g/mol. The lowest BCUT2D eigenvalue weighted by Gasteiger charge is -2.30. The monoisotopic (exact) mass is 339 g/mol. The van der Waals surface area contributed by atoms with Gasteiger partial charge in [-0.2, -0.15) is 0 Å². The standard InChI is InChI=1S/C16H25N3O3S/c20-23(21,15-5-2-1-3-6-15)19-13-7-9-14(10-8-13)22-16-17-11-4-12-18-16/h4,11-15,19H,1-3,5-10H2. The van der Waals surface area contributed by atoms with E-state index in [4.69, 9.17) is 4.74 Å². The largest absolute Gasteiger partial charge is 0.460 e. The highest BCUT2D eigenvalue weighted by molar-refractivity contribution is 7.90. The second kappa shape index (κ2) is 7.57. The highest BCUT2D eigenvalue weighted by atomic mass is 32.2. The van der Waals surface area contributed by atoms with Crippen molar-refractivity contribution < 1.29 is 13.2 Å². The van der Waals surface area contributed by atoms with Crippen molar-refractivity contribution in [3.8, 4) is 6.01 Å². The predicted octanol–water partition coefficient (Wildman–Crippen LogP) is 2.42. The molecule has 1 aromatic heterocycles. The van der Waals surface area contributed by atoms with Crippen LogP contribution in [0.4, 0.5) is 0 Å². The SMILES string of the molecule is O=S(=O)(NC1CCC(Oc2ncccn2)CC1)C1CCCCC1. The first kappa shape index (κ1) is 16.6. The molecular formula is C16H25N3O3S. The number of hydrogen-bond acceptors (Lipinski definition) is 5. The van der Waals surface area contributed by atoms with Gasteiger partial charge in [0.1, 0.15) is 6.10 Å². The Bertz CT molecular complexity index is 580. The van der Waals surface area contributed by atoms with Crippen molar-refractivity contribution in [2.45, 2.75) is 75.2 Å². The zero-order chi connectivity index (χ0) is 16.1. The Labute approximate surface area is 138 Å². The molecule has 0 atom stereocenters. The van der Waals surface area contributed by atoms with E-state index in [1.165, 1.54) is 0 Å². The van der Waals surface area contributed by atoms with E-state index >= 15 is 0 Å². The summed E-state index contributed by atoms with van der Waals surface area (Å²) in [6.07, 6.45) is 11.5. The highest BCUT2D eigenvalue weighted by Gasteiger charge is 2.31. The van der Waals surface area contributed by atoms with Crippen molar-refractivity contribution in [2.75, 3.05) is 0 Å². The zero-order valence-corrected chi connectivity index (χ0v) is 14.2. The molecule has 0 bridgehead atoms. The number of rotatable bonds is 5. The molecule has 3 rings (SSSR count). The molecule has 0 aliphatic heterocycles. The molecule has 2 aliphatic rings. The topological polar surface area (TPSA) is 81.2 Å². The summed E-state index contributed by atoms with van der Waals surface area (Å²) >= 11 is 0. The van der Waals surface area contributed by atoms with E-state index in [2.05, 4.69) is 14.7 Å². The maximum absolute atomic E-state index is 12.5. The average Bonchev–Trinajstić information content (AvgIpc) is 2.58. The molecule has 0 saturated heterocycles. The normalized spacial score (nSPS) is 26.8. The Balaban J connectivity index is 1.47. The minimum Gasteiger partial charge on any atom is -0.460 e. The van der Waals surface area contributed by atoms with Crippen molar-refractivity contribution in [3.63, 3.8) is 0 Å². The van der Waals surface area contributed by atoms with Crippen LogP contribution < -0.4 is 9.46 Å². The van der Waals surface area contributed by atoms with Crippen molar-refractivity contribution in [2.24, 2.45) is 0 Å². The van der Waals surface area contributed by atoms with Crippen LogP contribution in [0.3, 0.4) is 0 Å². The Morgan fingerprint density at radius 3 is 2.26 bits per heavy atom. The number of sulfonamides is 1. The van der Waals surface area contributed by atoms with Gasteiger partial charge in [-0.05, 0) is 44.6 Å². The molecule has 128 valence electrons. The molecule has 1 aromatic rings. The molecule has 1 N–H and O–H groups in total. The zero-order valence-electron chi connectivity index (χ0n) is 13.4. The first-order chi connectivity index (χ1) is 11.1. The van der Waals surface area contributed by atoms with Crippen LogP contribution in [0.1, 0.15) is 57.8 Å². The fraction of sp³-hybridized carbons (Fsp3) is 0.750. The Morgan fingerprint density at radius 2 is 1.61 bits per heavy atom. The minimum absolute atomic E-state index is 0.0402. The van der Waals surface area contributed by atoms with Crippen molar-refractivity contribution >= 4 is 10.0 Å². The molecule has 0 unspecified atom stereocenters. The summed E-state index contributed by atoms with van der Waals surface area (Å²) in [5.74, 6) is 0. The van der Waals surface area contributed by atoms with Crippen LogP contribution in [0.15, 0.2) is 18.5 Å². The van der Waals surface area contributed by atoms with Gasteiger partial charge in [-0.15, -0.1) is 0 Å². The van der Waals surface area contributed by atoms with E-state index in [9.17, 15) is 8.42 Å². The summed E-state index contributed by atoms with van der Waals surface area (Å²) in [4.78, 5) is 8.14. The lowest BCUT2D eigenvalue weighted by atomic mass is 9.94. The average molecular weight is 339 g/mol. The van der Waals surface area contributed by atoms with Crippen LogP contribution >= 0.6 is 0 Å². The fourth-order valence-electron chi connectivity index (χ4n) is 3.50. The van der Waals surface area contributed by atoms with E-state index in [1.54, 1.807) is 18.5 Å². The predicted molar refractivity (Wildman–Crippen MR) is 87.6 cm³/mol. The maximum atomic E-state index is 12.5. The second-order valence-corrected chi connectivity index (χ2v) is 8.54. The third kappa shape index (κ3) is 4.64. The Kier molecular flexibility index (Phi) is 5.48. The quantitative estimate of drug-likeness (QED) is 0.891. The lowest BCUT2D eigenvalue weighted by molar-refractivity contribution is 0.132. The summed E-state index contributed by atoms with van der Waals surface area (Å²) in [7, 11) is -3.17. The fourth-order valence-corrected chi connectivity index (χ4v) is 5.34. The highest BCUT2D eigenvalue weighted by Crippen LogP contribution is 2.26. The summed E-state index contributed by atoms with van der Waals surface area (Å²) in [5, 5.41) is -0.192. The number of nitrogens with zero attached hydrogens (tertiary/aromatic N) is 2. The van der Waals surface area contributed by atoms with Crippen LogP contribution in [0.25, 0.3) is 0 Å². The van der Waals surface area contributed by atoms with Gasteiger partial charge in [0.15, 0.2) is 0 Å². The van der Waals surface area contributed by atoms with Crippen molar-refractivity contribution in [1.82, 2.24) is 14.7 Å². The molecule has 0 spiro atoms. The summed E-state index contributed by atoms with van der Waals surface area (Å²) in [6, 6.07) is 2.20. The molecule has 2 saturated carbocycles. The van der Waals surface area contributed by atoms with E-state index in [0.29, 0.717) is 6.01 Å². The van der Waals surface area contributed by atoms with Gasteiger partial charge >= 0.3 is 6.01 Å². The maximum Gasteiger partial charge on any atom is 0.316 e. The van der Waals surface area contributed by atoms with E-state index in [1.807, 2.05) is 0 Å². The first-order valence-electron chi connectivity index (χ1n) is 8.58. The molecule has 1 heterocycles. The van der Waals surface area contributed by atoms with Gasteiger partial charge in [-0.25, -0.2) is 23.1 Å². The number of hydrogen-bond donors (Lipinski definition) is 1. The first-order valence-corrected chi connectivity index (χ1v) is 10.1. The van der Waals surface area contributed by atoms with Crippen LogP contribution in [0, 0.1) is 0 Å². The van der Waals surface area contributed by atoms with Crippen molar-refractivity contribution in [3.05, 3.63) is 18.5 Å². The minimum atomic E-state index is -3.17. The third-order valence-corrected chi connectivity index (χ3v) is 6.82. The Hall–Kier alpha value is -1.21. The summed E-state index contributed by atoms with van der Waals surface area (Å²) < 4.78 is 33.6. The number of nitrogens with one attached hydrogen (secondary N) is 1. The molecule has 23 heavy (non-hydrogen) atoms. The van der Waals surface area contributed by atoms with E-state index < -0.39 is 10.0 Å². The molecule has 0 aromatic carbocycles. The molecule has 2 aliphatic carbocycles. The van der Waals surface area contributed by atoms with Gasteiger partial charge in [0.2, 0.25) is 10.0 Å². The second-order valence-electron chi connectivity index (χ2n) is 6.55. The molecule has 7 heteroatoms. The summed E-state index contributed by atoms with van der Waals surface area (Å²) in [5.41, 5.74) is 0. The van der Waals surface area contributed by atoms with Crippen LogP contribution in [0.2, 0.25) is 0 Å². The van der Waals surface area contributed by atoms with Gasteiger partial charge in [0.25, 0.3) is 0 Å². The molecule has 2 fully saturated rings. The Morgan fingerprint density at radius 1 is 0.957 bits per heavy atom. The van der Waals surface area contributed by atoms with Gasteiger partial charge in [0, 0.05) is 18.4 Å². The molecule has 0 amide bonds. The number of ether oxygens (including phenoxy) is 1.